The molecule has 3 aliphatic rings. The Bertz CT molecular complexity index is 806. The molecule has 136 valence electrons. The molecule has 0 saturated heterocycles. The summed E-state index contributed by atoms with van der Waals surface area (Å²) in [7, 11) is 0. The van der Waals surface area contributed by atoms with Gasteiger partial charge in [-0.1, -0.05) is 75.6 Å². The normalized spacial score (nSPS) is 32.5. The highest BCUT2D eigenvalue weighted by Gasteiger charge is 2.63. The van der Waals surface area contributed by atoms with Gasteiger partial charge in [0.2, 0.25) is 0 Å². The summed E-state index contributed by atoms with van der Waals surface area (Å²) in [5.74, 6) is 1.41. The average molecular weight is 346 g/mol. The van der Waals surface area contributed by atoms with Crippen LogP contribution in [0.4, 0.5) is 5.69 Å². The van der Waals surface area contributed by atoms with E-state index in [4.69, 9.17) is 0 Å². The molecule has 1 nitrogen and oxygen atoms in total. The van der Waals surface area contributed by atoms with E-state index in [0.29, 0.717) is 5.92 Å². The number of nitrogens with one attached hydrogen (secondary N) is 1. The quantitative estimate of drug-likeness (QED) is 0.635. The molecule has 1 aliphatic heterocycles. The summed E-state index contributed by atoms with van der Waals surface area (Å²) in [4.78, 5) is 0. The minimum absolute atomic E-state index is 0.0928. The molecule has 0 unspecified atom stereocenters. The summed E-state index contributed by atoms with van der Waals surface area (Å²) in [6, 6.07) is 18.7. The fourth-order valence-corrected chi connectivity index (χ4v) is 6.62. The molecule has 3 atom stereocenters. The molecule has 0 bridgehead atoms. The van der Waals surface area contributed by atoms with E-state index in [9.17, 15) is 0 Å². The molecule has 1 heteroatoms. The minimum Gasteiger partial charge on any atom is -0.374 e. The van der Waals surface area contributed by atoms with Crippen molar-refractivity contribution in [3.8, 4) is 0 Å². The Labute approximate surface area is 158 Å². The van der Waals surface area contributed by atoms with E-state index < -0.39 is 0 Å². The van der Waals surface area contributed by atoms with Crippen molar-refractivity contribution in [3.05, 3.63) is 65.2 Å². The van der Waals surface area contributed by atoms with E-state index in [1.165, 1.54) is 61.8 Å². The maximum atomic E-state index is 4.12. The van der Waals surface area contributed by atoms with Gasteiger partial charge in [0.1, 0.15) is 0 Å². The lowest BCUT2D eigenvalue weighted by molar-refractivity contribution is 0.0564. The van der Waals surface area contributed by atoms with Crippen molar-refractivity contribution < 1.29 is 0 Å². The molecule has 2 aromatic rings. The Balaban J connectivity index is 1.77. The van der Waals surface area contributed by atoms with Gasteiger partial charge in [-0.25, -0.2) is 0 Å². The number of rotatable bonds is 2. The van der Waals surface area contributed by atoms with Crippen LogP contribution >= 0.6 is 0 Å². The molecule has 1 spiro atoms. The van der Waals surface area contributed by atoms with Gasteiger partial charge in [-0.05, 0) is 60.3 Å². The highest BCUT2D eigenvalue weighted by atomic mass is 15.1. The summed E-state index contributed by atoms with van der Waals surface area (Å²) in [5.41, 5.74) is 6.43. The molecule has 2 aliphatic carbocycles. The third-order valence-electron chi connectivity index (χ3n) is 7.74. The van der Waals surface area contributed by atoms with Gasteiger partial charge in [-0.2, -0.15) is 0 Å². The monoisotopic (exact) mass is 345 g/mol. The highest BCUT2D eigenvalue weighted by molar-refractivity contribution is 5.68. The first-order valence-corrected chi connectivity index (χ1v) is 10.7. The lowest BCUT2D eigenvalue weighted by Crippen LogP contribution is -2.57. The largest absolute Gasteiger partial charge is 0.374 e. The van der Waals surface area contributed by atoms with E-state index >= 15 is 0 Å². The first kappa shape index (κ1) is 16.4. The molecule has 5 rings (SSSR count). The van der Waals surface area contributed by atoms with Crippen LogP contribution in [-0.2, 0) is 11.0 Å². The van der Waals surface area contributed by atoms with Gasteiger partial charge in [0.15, 0.2) is 0 Å². The fraction of sp³-hybridized carbons (Fsp3) is 0.520. The van der Waals surface area contributed by atoms with Crippen molar-refractivity contribution in [3.63, 3.8) is 0 Å². The van der Waals surface area contributed by atoms with Crippen LogP contribution in [0.5, 0.6) is 0 Å². The van der Waals surface area contributed by atoms with Crippen molar-refractivity contribution in [1.29, 1.82) is 0 Å². The van der Waals surface area contributed by atoms with Crippen LogP contribution in [0.3, 0.4) is 0 Å². The van der Waals surface area contributed by atoms with Crippen LogP contribution < -0.4 is 5.32 Å². The summed E-state index contributed by atoms with van der Waals surface area (Å²) < 4.78 is 0. The smallest absolute Gasteiger partial charge is 0.0725 e. The maximum absolute atomic E-state index is 4.12. The van der Waals surface area contributed by atoms with E-state index in [1.54, 1.807) is 5.56 Å². The molecule has 1 heterocycles. The van der Waals surface area contributed by atoms with E-state index in [-0.39, 0.29) is 11.0 Å². The highest BCUT2D eigenvalue weighted by Crippen LogP contribution is 2.66. The summed E-state index contributed by atoms with van der Waals surface area (Å²) in [6.07, 6.45) is 9.55. The van der Waals surface area contributed by atoms with Crippen LogP contribution in [-0.4, -0.2) is 0 Å². The second-order valence-corrected chi connectivity index (χ2v) is 9.16. The standard InChI is InChI=1S/C25H31N/c1-18(2)19-13-14-23-22(17-19)24-15-7-6-9-20(24)12-8-16-25(24,26-23)21-10-4-3-5-11-21/h3-5,10-11,13-14,17-18,20,26H,6-9,12,15-16H2,1-2H3/t20-,24+,25+/m0/s1. The van der Waals surface area contributed by atoms with Crippen LogP contribution in [0, 0.1) is 5.92 Å². The molecule has 1 N–H and O–H groups in total. The molecule has 0 aromatic heterocycles. The van der Waals surface area contributed by atoms with Crippen LogP contribution in [0.1, 0.15) is 81.4 Å². The van der Waals surface area contributed by atoms with Gasteiger partial charge >= 0.3 is 0 Å². The zero-order valence-corrected chi connectivity index (χ0v) is 16.2. The number of benzene rings is 2. The Morgan fingerprint density at radius 1 is 0.923 bits per heavy atom. The zero-order chi connectivity index (χ0) is 17.8. The van der Waals surface area contributed by atoms with Crippen molar-refractivity contribution in [1.82, 2.24) is 0 Å². The van der Waals surface area contributed by atoms with Gasteiger partial charge in [0.05, 0.1) is 5.54 Å². The van der Waals surface area contributed by atoms with Gasteiger partial charge in [-0.15, -0.1) is 0 Å². The lowest BCUT2D eigenvalue weighted by Gasteiger charge is -2.57. The summed E-state index contributed by atoms with van der Waals surface area (Å²) >= 11 is 0. The van der Waals surface area contributed by atoms with Crippen LogP contribution in [0.25, 0.3) is 0 Å². The van der Waals surface area contributed by atoms with Gasteiger partial charge in [0.25, 0.3) is 0 Å². The van der Waals surface area contributed by atoms with Gasteiger partial charge in [-0.3, -0.25) is 0 Å². The Kier molecular flexibility index (Phi) is 3.71. The first-order valence-electron chi connectivity index (χ1n) is 10.7. The lowest BCUT2D eigenvalue weighted by atomic mass is 9.48. The predicted octanol–water partition coefficient (Wildman–Crippen LogP) is 6.74. The Hall–Kier alpha value is -1.76. The Morgan fingerprint density at radius 2 is 1.73 bits per heavy atom. The van der Waals surface area contributed by atoms with Gasteiger partial charge in [0, 0.05) is 11.1 Å². The third kappa shape index (κ3) is 2.03. The summed E-state index contributed by atoms with van der Waals surface area (Å²) in [5, 5.41) is 4.12. The number of anilines is 1. The predicted molar refractivity (Wildman–Crippen MR) is 110 cm³/mol. The molecular weight excluding hydrogens is 314 g/mol. The SMILES string of the molecule is CC(C)c1ccc2c(c1)[C@@]13CCCC[C@H]1CCC[C@]3(c1ccccc1)N2. The molecule has 2 saturated carbocycles. The molecule has 2 aromatic carbocycles. The topological polar surface area (TPSA) is 12.0 Å². The number of fused-ring (bicyclic) bond motifs is 1. The molecule has 26 heavy (non-hydrogen) atoms. The van der Waals surface area contributed by atoms with E-state index in [2.05, 4.69) is 67.7 Å². The van der Waals surface area contributed by atoms with Crippen molar-refractivity contribution >= 4 is 5.69 Å². The molecule has 0 radical (unpaired) electrons. The van der Waals surface area contributed by atoms with Crippen molar-refractivity contribution in [2.24, 2.45) is 5.92 Å². The second-order valence-electron chi connectivity index (χ2n) is 9.16. The third-order valence-corrected chi connectivity index (χ3v) is 7.74. The van der Waals surface area contributed by atoms with E-state index in [1.807, 2.05) is 0 Å². The number of hydrogen-bond donors (Lipinski definition) is 1. The van der Waals surface area contributed by atoms with Crippen LogP contribution in [0.2, 0.25) is 0 Å². The van der Waals surface area contributed by atoms with Gasteiger partial charge < -0.3 is 5.32 Å². The molecule has 2 fully saturated rings. The fourth-order valence-electron chi connectivity index (χ4n) is 6.62. The van der Waals surface area contributed by atoms with Crippen molar-refractivity contribution in [2.45, 2.75) is 75.7 Å². The van der Waals surface area contributed by atoms with E-state index in [0.717, 1.165) is 5.92 Å². The van der Waals surface area contributed by atoms with Crippen LogP contribution in [0.15, 0.2) is 48.5 Å². The number of hydrogen-bond acceptors (Lipinski definition) is 1. The van der Waals surface area contributed by atoms with Crippen molar-refractivity contribution in [2.75, 3.05) is 5.32 Å². The average Bonchev–Trinajstić information content (AvgIpc) is 2.98. The minimum atomic E-state index is 0.0928. The first-order chi connectivity index (χ1) is 12.7. The molecule has 0 amide bonds. The second kappa shape index (κ2) is 5.87. The molecular formula is C25H31N. The maximum Gasteiger partial charge on any atom is 0.0725 e. The summed E-state index contributed by atoms with van der Waals surface area (Å²) in [6.45, 7) is 4.65. The zero-order valence-electron chi connectivity index (χ0n) is 16.2. The Morgan fingerprint density at radius 3 is 2.54 bits per heavy atom.